The molecule has 0 saturated carbocycles. The maximum Gasteiger partial charge on any atom is 0.211 e. The van der Waals surface area contributed by atoms with Crippen LogP contribution >= 0.6 is 0 Å². The molecule has 0 unspecified atom stereocenters. The van der Waals surface area contributed by atoms with Gasteiger partial charge in [0, 0.05) is 0 Å². The molecule has 0 bridgehead atoms. The minimum atomic E-state index is 0.288. The molecule has 0 aromatic heterocycles. The lowest BCUT2D eigenvalue weighted by atomic mass is 10.0. The fourth-order valence-electron chi connectivity index (χ4n) is 3.85. The third kappa shape index (κ3) is 8.47. The van der Waals surface area contributed by atoms with E-state index in [2.05, 4.69) is 6.92 Å². The fraction of sp³-hybridized carbons (Fsp3) is 0.750. The molecule has 2 heteroatoms. The molecule has 0 saturated heterocycles. The first-order valence-electron chi connectivity index (χ1n) is 11.4. The number of aromatic hydroxyl groups is 1. The Kier molecular flexibility index (Phi) is 10.6. The highest BCUT2D eigenvalue weighted by atomic mass is 16.6. The Labute approximate surface area is 161 Å². The van der Waals surface area contributed by atoms with E-state index in [9.17, 15) is 5.11 Å². The van der Waals surface area contributed by atoms with Crippen molar-refractivity contribution in [2.75, 3.05) is 0 Å². The minimum absolute atomic E-state index is 0.288. The van der Waals surface area contributed by atoms with Crippen molar-refractivity contribution in [2.45, 2.75) is 116 Å². The molecular formula is C24H40O2. The molecule has 1 aliphatic heterocycles. The predicted octanol–water partition coefficient (Wildman–Crippen LogP) is 8.30. The van der Waals surface area contributed by atoms with Crippen LogP contribution in [0.5, 0.6) is 17.2 Å². The van der Waals surface area contributed by atoms with Gasteiger partial charge in [-0.3, -0.25) is 0 Å². The zero-order valence-electron chi connectivity index (χ0n) is 17.0. The second-order valence-corrected chi connectivity index (χ2v) is 8.06. The SMILES string of the molecule is CCCCCCCCCCCCCCCCCCc1ccc(O)c2c1O2. The van der Waals surface area contributed by atoms with Gasteiger partial charge >= 0.3 is 0 Å². The van der Waals surface area contributed by atoms with Gasteiger partial charge in [-0.2, -0.15) is 0 Å². The topological polar surface area (TPSA) is 32.8 Å². The highest BCUT2D eigenvalue weighted by molar-refractivity contribution is 5.66. The van der Waals surface area contributed by atoms with Crippen molar-refractivity contribution >= 4 is 0 Å². The molecule has 0 aliphatic carbocycles. The number of fused-ring (bicyclic) bond motifs is 1. The van der Waals surface area contributed by atoms with E-state index in [1.54, 1.807) is 6.07 Å². The minimum Gasteiger partial charge on any atom is -0.504 e. The van der Waals surface area contributed by atoms with Gasteiger partial charge in [0.1, 0.15) is 0 Å². The third-order valence-electron chi connectivity index (χ3n) is 5.64. The number of benzene rings is 1. The maximum atomic E-state index is 9.48. The van der Waals surface area contributed by atoms with Gasteiger partial charge in [0.2, 0.25) is 5.75 Å². The van der Waals surface area contributed by atoms with Crippen molar-refractivity contribution in [3.63, 3.8) is 0 Å². The van der Waals surface area contributed by atoms with Crippen LogP contribution in [0, 0.1) is 0 Å². The highest BCUT2D eigenvalue weighted by Crippen LogP contribution is 2.54. The van der Waals surface area contributed by atoms with Crippen molar-refractivity contribution in [2.24, 2.45) is 0 Å². The molecule has 1 aromatic rings. The third-order valence-corrected chi connectivity index (χ3v) is 5.64. The van der Waals surface area contributed by atoms with Crippen molar-refractivity contribution in [3.05, 3.63) is 17.7 Å². The van der Waals surface area contributed by atoms with Gasteiger partial charge in [-0.25, -0.2) is 0 Å². The Morgan fingerprint density at radius 2 is 1.08 bits per heavy atom. The van der Waals surface area contributed by atoms with Crippen LogP contribution < -0.4 is 4.74 Å². The average Bonchev–Trinajstić information content (AvgIpc) is 3.45. The molecule has 148 valence electrons. The van der Waals surface area contributed by atoms with Crippen LogP contribution in [-0.4, -0.2) is 5.11 Å². The summed E-state index contributed by atoms with van der Waals surface area (Å²) in [6, 6.07) is 3.76. The molecule has 2 nitrogen and oxygen atoms in total. The molecule has 0 spiro atoms. The molecule has 0 amide bonds. The number of hydrogen-bond donors (Lipinski definition) is 1. The molecule has 1 aromatic carbocycles. The quantitative estimate of drug-likeness (QED) is 0.227. The Balaban J connectivity index is 1.29. The van der Waals surface area contributed by atoms with Crippen LogP contribution in [-0.2, 0) is 6.42 Å². The Hall–Kier alpha value is -1.18. The number of rotatable bonds is 17. The zero-order chi connectivity index (χ0) is 18.5. The Morgan fingerprint density at radius 3 is 1.58 bits per heavy atom. The summed E-state index contributed by atoms with van der Waals surface area (Å²) < 4.78 is 5.33. The van der Waals surface area contributed by atoms with Crippen molar-refractivity contribution in [3.8, 4) is 17.2 Å². The normalized spacial score (nSPS) is 12.0. The monoisotopic (exact) mass is 360 g/mol. The number of hydrogen-bond acceptors (Lipinski definition) is 2. The number of phenolic OH excluding ortho intramolecular Hbond substituents is 1. The van der Waals surface area contributed by atoms with E-state index in [-0.39, 0.29) is 5.75 Å². The molecule has 1 heterocycles. The van der Waals surface area contributed by atoms with Gasteiger partial charge in [0.15, 0.2) is 11.5 Å². The lowest BCUT2D eigenvalue weighted by molar-refractivity contribution is 0.463. The van der Waals surface area contributed by atoms with E-state index in [1.807, 2.05) is 6.07 Å². The fourth-order valence-corrected chi connectivity index (χ4v) is 3.85. The zero-order valence-corrected chi connectivity index (χ0v) is 17.0. The standard InChI is InChI=1S/C24H40O2/c1-2-3-4-5-6-7-8-9-10-11-12-13-14-15-16-17-18-21-19-20-22(25)24-23(21)26-24/h19-20,25H,2-18H2,1H3. The summed E-state index contributed by atoms with van der Waals surface area (Å²) in [5.41, 5.74) is 1.27. The van der Waals surface area contributed by atoms with E-state index in [4.69, 9.17) is 4.74 Å². The second-order valence-electron chi connectivity index (χ2n) is 8.06. The number of ether oxygens (including phenoxy) is 1. The van der Waals surface area contributed by atoms with Crippen molar-refractivity contribution in [1.82, 2.24) is 0 Å². The first-order valence-corrected chi connectivity index (χ1v) is 11.4. The average molecular weight is 361 g/mol. The summed E-state index contributed by atoms with van der Waals surface area (Å²) in [7, 11) is 0. The van der Waals surface area contributed by atoms with Crippen molar-refractivity contribution < 1.29 is 9.84 Å². The molecule has 0 atom stereocenters. The predicted molar refractivity (Wildman–Crippen MR) is 111 cm³/mol. The van der Waals surface area contributed by atoms with E-state index < -0.39 is 0 Å². The van der Waals surface area contributed by atoms with Crippen LogP contribution in [0.25, 0.3) is 0 Å². The molecule has 0 radical (unpaired) electrons. The summed E-state index contributed by atoms with van der Waals surface area (Å²) in [6.45, 7) is 2.29. The smallest absolute Gasteiger partial charge is 0.211 e. The van der Waals surface area contributed by atoms with Crippen LogP contribution in [0.2, 0.25) is 0 Å². The molecule has 1 aliphatic rings. The first-order chi connectivity index (χ1) is 12.8. The molecular weight excluding hydrogens is 320 g/mol. The van der Waals surface area contributed by atoms with Crippen LogP contribution in [0.3, 0.4) is 0 Å². The summed E-state index contributed by atoms with van der Waals surface area (Å²) in [6.07, 6.45) is 23.6. The highest BCUT2D eigenvalue weighted by Gasteiger charge is 2.28. The van der Waals surface area contributed by atoms with Gasteiger partial charge in [-0.1, -0.05) is 109 Å². The number of phenols is 1. The van der Waals surface area contributed by atoms with Crippen molar-refractivity contribution in [1.29, 1.82) is 0 Å². The lowest BCUT2D eigenvalue weighted by Gasteiger charge is -2.03. The second kappa shape index (κ2) is 13.1. The van der Waals surface area contributed by atoms with Gasteiger partial charge in [-0.05, 0) is 24.5 Å². The van der Waals surface area contributed by atoms with Crippen LogP contribution in [0.4, 0.5) is 0 Å². The molecule has 26 heavy (non-hydrogen) atoms. The summed E-state index contributed by atoms with van der Waals surface area (Å²) in [4.78, 5) is 0. The number of unbranched alkanes of at least 4 members (excludes halogenated alkanes) is 15. The Bertz CT molecular complexity index is 495. The van der Waals surface area contributed by atoms with E-state index >= 15 is 0 Å². The first kappa shape index (κ1) is 21.1. The van der Waals surface area contributed by atoms with E-state index in [0.29, 0.717) is 5.75 Å². The lowest BCUT2D eigenvalue weighted by Crippen LogP contribution is -1.85. The van der Waals surface area contributed by atoms with E-state index in [1.165, 1.54) is 108 Å². The largest absolute Gasteiger partial charge is 0.504 e. The van der Waals surface area contributed by atoms with Gasteiger partial charge in [-0.15, -0.1) is 0 Å². The molecule has 0 fully saturated rings. The van der Waals surface area contributed by atoms with Crippen LogP contribution in [0.15, 0.2) is 12.1 Å². The summed E-state index contributed by atoms with van der Waals surface area (Å²) >= 11 is 0. The van der Waals surface area contributed by atoms with Gasteiger partial charge in [0.25, 0.3) is 0 Å². The van der Waals surface area contributed by atoms with Gasteiger partial charge in [0.05, 0.1) is 0 Å². The number of aryl methyl sites for hydroxylation is 1. The Morgan fingerprint density at radius 1 is 0.615 bits per heavy atom. The summed E-state index contributed by atoms with van der Waals surface area (Å²) in [5, 5.41) is 9.48. The van der Waals surface area contributed by atoms with Crippen LogP contribution in [0.1, 0.15) is 115 Å². The molecule has 1 N–H and O–H groups in total. The maximum absolute atomic E-state index is 9.48. The van der Waals surface area contributed by atoms with Gasteiger partial charge < -0.3 is 9.84 Å². The van der Waals surface area contributed by atoms with E-state index in [0.717, 1.165) is 12.2 Å². The summed E-state index contributed by atoms with van der Waals surface area (Å²) in [5.74, 6) is 1.93. The molecule has 2 rings (SSSR count).